The number of halogens is 1. The van der Waals surface area contributed by atoms with Crippen molar-refractivity contribution in [3.63, 3.8) is 0 Å². The summed E-state index contributed by atoms with van der Waals surface area (Å²) in [4.78, 5) is 38.3. The number of nitrogens with one attached hydrogen (secondary N) is 2. The Hall–Kier alpha value is -3.22. The van der Waals surface area contributed by atoms with Gasteiger partial charge in [0.15, 0.2) is 0 Å². The lowest BCUT2D eigenvalue weighted by Crippen LogP contribution is -2.45. The summed E-state index contributed by atoms with van der Waals surface area (Å²) in [5, 5.41) is 5.24. The number of fused-ring (bicyclic) bond motifs is 1. The fraction of sp³-hybridized carbons (Fsp3) is 0.250. The van der Waals surface area contributed by atoms with Gasteiger partial charge in [-0.3, -0.25) is 14.5 Å². The molecule has 2 N–H and O–H groups in total. The van der Waals surface area contributed by atoms with Crippen molar-refractivity contribution in [2.45, 2.75) is 32.9 Å². The average molecular weight is 369 g/mol. The van der Waals surface area contributed by atoms with Gasteiger partial charge in [0.1, 0.15) is 5.82 Å². The maximum atomic E-state index is 13.2. The highest BCUT2D eigenvalue weighted by atomic mass is 19.1. The molecule has 4 amide bonds. The van der Waals surface area contributed by atoms with Gasteiger partial charge in [0.05, 0.1) is 11.1 Å². The molecule has 27 heavy (non-hydrogen) atoms. The van der Waals surface area contributed by atoms with Crippen LogP contribution in [-0.2, 0) is 6.54 Å². The van der Waals surface area contributed by atoms with Crippen LogP contribution >= 0.6 is 0 Å². The molecule has 0 saturated heterocycles. The summed E-state index contributed by atoms with van der Waals surface area (Å²) < 4.78 is 13.2. The lowest BCUT2D eigenvalue weighted by atomic mass is 10.1. The van der Waals surface area contributed by atoms with Gasteiger partial charge in [0, 0.05) is 17.8 Å². The van der Waals surface area contributed by atoms with E-state index >= 15 is 0 Å². The van der Waals surface area contributed by atoms with Crippen LogP contribution in [-0.4, -0.2) is 28.3 Å². The molecule has 0 unspecified atom stereocenters. The summed E-state index contributed by atoms with van der Waals surface area (Å²) in [5.41, 5.74) is 0.963. The van der Waals surface area contributed by atoms with Crippen LogP contribution in [0.1, 0.15) is 47.1 Å². The first-order chi connectivity index (χ1) is 12.7. The van der Waals surface area contributed by atoms with Crippen molar-refractivity contribution in [2.75, 3.05) is 5.32 Å². The quantitative estimate of drug-likeness (QED) is 0.813. The average Bonchev–Trinajstić information content (AvgIpc) is 2.83. The normalized spacial score (nSPS) is 13.6. The van der Waals surface area contributed by atoms with Gasteiger partial charge in [0.2, 0.25) is 0 Å². The molecule has 3 rings (SSSR count). The van der Waals surface area contributed by atoms with E-state index in [2.05, 4.69) is 10.6 Å². The van der Waals surface area contributed by atoms with Crippen LogP contribution in [0, 0.1) is 5.82 Å². The second-order valence-electron chi connectivity index (χ2n) is 7.31. The van der Waals surface area contributed by atoms with E-state index in [0.29, 0.717) is 16.8 Å². The predicted octanol–water partition coefficient (Wildman–Crippen LogP) is 3.54. The molecule has 0 radical (unpaired) electrons. The van der Waals surface area contributed by atoms with Crippen LogP contribution in [0.25, 0.3) is 0 Å². The van der Waals surface area contributed by atoms with Gasteiger partial charge >= 0.3 is 6.03 Å². The number of carbonyl (C=O) groups is 3. The molecule has 1 aliphatic rings. The van der Waals surface area contributed by atoms with Crippen LogP contribution in [0.4, 0.5) is 14.9 Å². The molecule has 7 heteroatoms. The van der Waals surface area contributed by atoms with Crippen LogP contribution in [0.2, 0.25) is 0 Å². The Kier molecular flexibility index (Phi) is 4.70. The second-order valence-corrected chi connectivity index (χ2v) is 7.31. The number of nitrogens with zero attached hydrogens (tertiary/aromatic N) is 1. The molecule has 0 bridgehead atoms. The van der Waals surface area contributed by atoms with E-state index in [1.165, 1.54) is 29.2 Å². The highest BCUT2D eigenvalue weighted by molar-refractivity contribution is 6.22. The first-order valence-corrected chi connectivity index (χ1v) is 8.49. The molecule has 0 spiro atoms. The minimum Gasteiger partial charge on any atom is -0.334 e. The Morgan fingerprint density at radius 3 is 2.41 bits per heavy atom. The van der Waals surface area contributed by atoms with Gasteiger partial charge in [-0.15, -0.1) is 0 Å². The Morgan fingerprint density at radius 2 is 1.74 bits per heavy atom. The molecule has 0 aliphatic carbocycles. The summed E-state index contributed by atoms with van der Waals surface area (Å²) in [6, 6.07) is 10.0. The molecule has 0 saturated carbocycles. The third-order valence-corrected chi connectivity index (χ3v) is 4.16. The van der Waals surface area contributed by atoms with Crippen molar-refractivity contribution in [1.29, 1.82) is 0 Å². The Bertz CT molecular complexity index is 934. The van der Waals surface area contributed by atoms with Gasteiger partial charge in [-0.05, 0) is 56.7 Å². The fourth-order valence-corrected chi connectivity index (χ4v) is 2.93. The first-order valence-electron chi connectivity index (χ1n) is 8.49. The highest BCUT2D eigenvalue weighted by Gasteiger charge is 2.41. The minimum atomic E-state index is -0.636. The maximum absolute atomic E-state index is 13.2. The van der Waals surface area contributed by atoms with Crippen LogP contribution in [0.5, 0.6) is 0 Å². The van der Waals surface area contributed by atoms with E-state index < -0.39 is 11.6 Å². The number of amides is 4. The number of benzene rings is 2. The summed E-state index contributed by atoms with van der Waals surface area (Å²) >= 11 is 0. The summed E-state index contributed by atoms with van der Waals surface area (Å²) in [6.07, 6.45) is 0. The van der Waals surface area contributed by atoms with Crippen molar-refractivity contribution in [3.8, 4) is 0 Å². The number of carbonyl (C=O) groups excluding carboxylic acids is 3. The molecule has 6 nitrogen and oxygen atoms in total. The van der Waals surface area contributed by atoms with Crippen LogP contribution < -0.4 is 10.6 Å². The molecule has 1 aliphatic heterocycles. The van der Waals surface area contributed by atoms with Crippen molar-refractivity contribution in [2.24, 2.45) is 0 Å². The smallest absolute Gasteiger partial charge is 0.319 e. The Morgan fingerprint density at radius 1 is 1.04 bits per heavy atom. The summed E-state index contributed by atoms with van der Waals surface area (Å²) in [6.45, 7) is 5.51. The lowest BCUT2D eigenvalue weighted by molar-refractivity contribution is 0.0507. The monoisotopic (exact) mass is 369 g/mol. The molecular weight excluding hydrogens is 349 g/mol. The molecule has 2 aromatic rings. The molecule has 0 atom stereocenters. The highest BCUT2D eigenvalue weighted by Crippen LogP contribution is 2.30. The first kappa shape index (κ1) is 18.6. The van der Waals surface area contributed by atoms with E-state index in [1.807, 2.05) is 0 Å². The molecule has 140 valence electrons. The molecule has 0 fully saturated rings. The standard InChI is InChI=1S/C20H20FN3O3/c1-20(2,3)24-17(25)15-8-7-14(10-16(15)18(24)26)23-19(27)22-11-12-5-4-6-13(21)9-12/h4-10H,11H2,1-3H3,(H2,22,23,27). The molecule has 2 aromatic carbocycles. The van der Waals surface area contributed by atoms with Crippen molar-refractivity contribution in [1.82, 2.24) is 10.2 Å². The van der Waals surface area contributed by atoms with E-state index in [1.54, 1.807) is 39.0 Å². The fourth-order valence-electron chi connectivity index (χ4n) is 2.93. The second kappa shape index (κ2) is 6.83. The molecule has 1 heterocycles. The van der Waals surface area contributed by atoms with E-state index in [0.717, 1.165) is 0 Å². The minimum absolute atomic E-state index is 0.157. The van der Waals surface area contributed by atoms with Gasteiger partial charge in [-0.25, -0.2) is 9.18 Å². The third-order valence-electron chi connectivity index (χ3n) is 4.16. The predicted molar refractivity (Wildman–Crippen MR) is 99.0 cm³/mol. The summed E-state index contributed by atoms with van der Waals surface area (Å²) in [7, 11) is 0. The zero-order chi connectivity index (χ0) is 19.8. The van der Waals surface area contributed by atoms with Crippen LogP contribution in [0.3, 0.4) is 0 Å². The largest absolute Gasteiger partial charge is 0.334 e. The number of rotatable bonds is 3. The number of hydrogen-bond acceptors (Lipinski definition) is 3. The van der Waals surface area contributed by atoms with Gasteiger partial charge in [0.25, 0.3) is 11.8 Å². The molecular formula is C20H20FN3O3. The van der Waals surface area contributed by atoms with Crippen LogP contribution in [0.15, 0.2) is 42.5 Å². The number of anilines is 1. The number of hydrogen-bond donors (Lipinski definition) is 2. The van der Waals surface area contributed by atoms with Gasteiger partial charge < -0.3 is 10.6 Å². The topological polar surface area (TPSA) is 78.5 Å². The van der Waals surface area contributed by atoms with Crippen molar-refractivity contribution >= 4 is 23.5 Å². The van der Waals surface area contributed by atoms with E-state index in [-0.39, 0.29) is 29.7 Å². The Labute approximate surface area is 156 Å². The van der Waals surface area contributed by atoms with E-state index in [4.69, 9.17) is 0 Å². The van der Waals surface area contributed by atoms with Gasteiger partial charge in [-0.2, -0.15) is 0 Å². The number of imide groups is 1. The lowest BCUT2D eigenvalue weighted by Gasteiger charge is -2.29. The van der Waals surface area contributed by atoms with Gasteiger partial charge in [-0.1, -0.05) is 12.1 Å². The zero-order valence-electron chi connectivity index (χ0n) is 15.3. The van der Waals surface area contributed by atoms with E-state index in [9.17, 15) is 18.8 Å². The zero-order valence-corrected chi connectivity index (χ0v) is 15.3. The summed E-state index contributed by atoms with van der Waals surface area (Å²) in [5.74, 6) is -1.10. The number of urea groups is 1. The SMILES string of the molecule is CC(C)(C)N1C(=O)c2ccc(NC(=O)NCc3cccc(F)c3)cc2C1=O. The van der Waals surface area contributed by atoms with Crippen molar-refractivity contribution < 1.29 is 18.8 Å². The maximum Gasteiger partial charge on any atom is 0.319 e. The Balaban J connectivity index is 1.70. The third kappa shape index (κ3) is 3.81. The van der Waals surface area contributed by atoms with Crippen molar-refractivity contribution in [3.05, 3.63) is 65.0 Å². The molecule has 0 aromatic heterocycles.